The Balaban J connectivity index is 2.18. The molecule has 0 amide bonds. The number of nitro groups is 1. The van der Waals surface area contributed by atoms with Gasteiger partial charge in [-0.1, -0.05) is 12.1 Å². The van der Waals surface area contributed by atoms with Crippen LogP contribution in [0.15, 0.2) is 29.1 Å². The van der Waals surface area contributed by atoms with Gasteiger partial charge in [0.1, 0.15) is 0 Å². The Bertz CT molecular complexity index is 896. The van der Waals surface area contributed by atoms with E-state index >= 15 is 0 Å². The molecule has 0 radical (unpaired) electrons. The molecule has 1 aliphatic carbocycles. The number of H-pyrrole nitrogens is 2. The molecule has 0 fully saturated rings. The predicted molar refractivity (Wildman–Crippen MR) is 90.8 cm³/mol. The number of benzene rings is 1. The van der Waals surface area contributed by atoms with Crippen molar-refractivity contribution in [3.8, 4) is 0 Å². The van der Waals surface area contributed by atoms with Crippen LogP contribution in [0.4, 0.5) is 5.69 Å². The Morgan fingerprint density at radius 1 is 1.38 bits per heavy atom. The zero-order valence-electron chi connectivity index (χ0n) is 14.3. The van der Waals surface area contributed by atoms with Gasteiger partial charge in [-0.3, -0.25) is 24.8 Å². The molecular weight excluding hydrogens is 342 g/mol. The van der Waals surface area contributed by atoms with Crippen molar-refractivity contribution in [2.75, 3.05) is 6.61 Å². The second-order valence-corrected chi connectivity index (χ2v) is 6.56. The van der Waals surface area contributed by atoms with Gasteiger partial charge < -0.3 is 14.9 Å². The smallest absolute Gasteiger partial charge is 0.312 e. The highest BCUT2D eigenvalue weighted by Gasteiger charge is 2.51. The Morgan fingerprint density at radius 3 is 2.62 bits per heavy atom. The van der Waals surface area contributed by atoms with Gasteiger partial charge in [0.15, 0.2) is 0 Å². The van der Waals surface area contributed by atoms with E-state index in [9.17, 15) is 24.8 Å². The molecule has 1 heterocycles. The maximum Gasteiger partial charge on any atom is 0.312 e. The zero-order valence-corrected chi connectivity index (χ0v) is 14.3. The number of aromatic nitrogens is 2. The fourth-order valence-corrected chi connectivity index (χ4v) is 3.65. The summed E-state index contributed by atoms with van der Waals surface area (Å²) in [5.74, 6) is -2.43. The number of hydrogen-bond acceptors (Lipinski definition) is 6. The molecule has 0 aliphatic heterocycles. The van der Waals surface area contributed by atoms with Crippen LogP contribution in [-0.2, 0) is 16.0 Å². The van der Waals surface area contributed by atoms with Crippen LogP contribution in [0.2, 0.25) is 0 Å². The van der Waals surface area contributed by atoms with Crippen LogP contribution in [0.3, 0.4) is 0 Å². The molecule has 0 spiro atoms. The predicted octanol–water partition coefficient (Wildman–Crippen LogP) is 1.23. The normalized spacial score (nSPS) is 24.7. The minimum atomic E-state index is -1.46. The molecule has 1 aromatic carbocycles. The second kappa shape index (κ2) is 6.41. The first kappa shape index (κ1) is 17.9. The van der Waals surface area contributed by atoms with Gasteiger partial charge in [-0.2, -0.15) is 0 Å². The summed E-state index contributed by atoms with van der Waals surface area (Å²) >= 11 is 0. The maximum absolute atomic E-state index is 12.6. The van der Waals surface area contributed by atoms with E-state index < -0.39 is 33.9 Å². The van der Waals surface area contributed by atoms with E-state index in [1.54, 1.807) is 6.92 Å². The molecule has 9 heteroatoms. The number of hydrogen-bond donors (Lipinski definition) is 3. The SMILES string of the molecule is CCOC(=O)[C@@H]1[C@H](c2ccc([N+](=O)[O-])cc2)c2c([nH][nH]c2=O)C[C@@]1(C)O. The Hall–Kier alpha value is -2.94. The van der Waals surface area contributed by atoms with Crippen molar-refractivity contribution in [1.29, 1.82) is 0 Å². The van der Waals surface area contributed by atoms with Crippen LogP contribution < -0.4 is 5.56 Å². The van der Waals surface area contributed by atoms with Crippen LogP contribution in [0.1, 0.15) is 36.6 Å². The number of nitro benzene ring substituents is 1. The van der Waals surface area contributed by atoms with E-state index in [2.05, 4.69) is 10.2 Å². The van der Waals surface area contributed by atoms with Crippen LogP contribution in [0.5, 0.6) is 0 Å². The Kier molecular flexibility index (Phi) is 4.41. The minimum absolute atomic E-state index is 0.0774. The highest BCUT2D eigenvalue weighted by atomic mass is 16.6. The Labute approximate surface area is 148 Å². The van der Waals surface area contributed by atoms with Crippen LogP contribution >= 0.6 is 0 Å². The summed E-state index contributed by atoms with van der Waals surface area (Å²) in [4.78, 5) is 35.3. The summed E-state index contributed by atoms with van der Waals surface area (Å²) < 4.78 is 5.13. The topological polar surface area (TPSA) is 138 Å². The average Bonchev–Trinajstić information content (AvgIpc) is 2.93. The van der Waals surface area contributed by atoms with Crippen molar-refractivity contribution in [1.82, 2.24) is 10.2 Å². The summed E-state index contributed by atoms with van der Waals surface area (Å²) in [7, 11) is 0. The summed E-state index contributed by atoms with van der Waals surface area (Å²) in [6.45, 7) is 3.31. The largest absolute Gasteiger partial charge is 0.466 e. The number of nitrogens with zero attached hydrogens (tertiary/aromatic N) is 1. The summed E-state index contributed by atoms with van der Waals surface area (Å²) in [5.41, 5.74) is -0.607. The van der Waals surface area contributed by atoms with Gasteiger partial charge in [-0.05, 0) is 19.4 Å². The third-order valence-corrected chi connectivity index (χ3v) is 4.75. The van der Waals surface area contributed by atoms with E-state index in [1.165, 1.54) is 31.2 Å². The van der Waals surface area contributed by atoms with Crippen molar-refractivity contribution in [2.24, 2.45) is 5.92 Å². The molecule has 2 aromatic rings. The quantitative estimate of drug-likeness (QED) is 0.425. The van der Waals surface area contributed by atoms with Gasteiger partial charge in [0.25, 0.3) is 11.2 Å². The number of non-ortho nitro benzene ring substituents is 1. The second-order valence-electron chi connectivity index (χ2n) is 6.56. The van der Waals surface area contributed by atoms with Gasteiger partial charge in [-0.25, -0.2) is 0 Å². The number of nitrogens with one attached hydrogen (secondary N) is 2. The van der Waals surface area contributed by atoms with E-state index in [-0.39, 0.29) is 18.7 Å². The number of esters is 1. The highest BCUT2D eigenvalue weighted by Crippen LogP contribution is 2.44. The molecule has 26 heavy (non-hydrogen) atoms. The molecular formula is C17H19N3O6. The van der Waals surface area contributed by atoms with Crippen molar-refractivity contribution in [3.05, 3.63) is 61.6 Å². The van der Waals surface area contributed by atoms with E-state index in [4.69, 9.17) is 4.74 Å². The lowest BCUT2D eigenvalue weighted by Gasteiger charge is -2.40. The lowest BCUT2D eigenvalue weighted by atomic mass is 9.66. The van der Waals surface area contributed by atoms with Gasteiger partial charge in [0.2, 0.25) is 0 Å². The number of carbonyl (C=O) groups excluding carboxylic acids is 1. The van der Waals surface area contributed by atoms with Crippen LogP contribution in [0, 0.1) is 16.0 Å². The molecule has 1 aromatic heterocycles. The van der Waals surface area contributed by atoms with Crippen LogP contribution in [0.25, 0.3) is 0 Å². The number of ether oxygens (including phenoxy) is 1. The summed E-state index contributed by atoms with van der Waals surface area (Å²) in [6, 6.07) is 5.60. The number of carbonyl (C=O) groups is 1. The molecule has 3 N–H and O–H groups in total. The Morgan fingerprint density at radius 2 is 2.04 bits per heavy atom. The van der Waals surface area contributed by atoms with Crippen molar-refractivity contribution in [3.63, 3.8) is 0 Å². The average molecular weight is 361 g/mol. The minimum Gasteiger partial charge on any atom is -0.466 e. The molecule has 3 atom stereocenters. The first-order valence-electron chi connectivity index (χ1n) is 8.19. The molecule has 9 nitrogen and oxygen atoms in total. The third kappa shape index (κ3) is 2.90. The monoisotopic (exact) mass is 361 g/mol. The standard InChI is InChI=1S/C17H19N3O6/c1-3-26-16(22)14-12(9-4-6-10(7-5-9)20(24)25)13-11(8-17(14,2)23)18-19-15(13)21/h4-7,12,14,23H,3,8H2,1-2H3,(H2,18,19,21)/t12-,14+,17-/m1/s1. The third-order valence-electron chi connectivity index (χ3n) is 4.75. The molecule has 0 bridgehead atoms. The first-order chi connectivity index (χ1) is 12.3. The summed E-state index contributed by atoms with van der Waals surface area (Å²) in [5, 5.41) is 27.0. The van der Waals surface area contributed by atoms with E-state index in [0.29, 0.717) is 16.8 Å². The number of aliphatic hydroxyl groups is 1. The molecule has 138 valence electrons. The fraction of sp³-hybridized carbons (Fsp3) is 0.412. The maximum atomic E-state index is 12.6. The van der Waals surface area contributed by atoms with Crippen molar-refractivity contribution >= 4 is 11.7 Å². The van der Waals surface area contributed by atoms with E-state index in [1.807, 2.05) is 0 Å². The first-order valence-corrected chi connectivity index (χ1v) is 8.19. The number of rotatable bonds is 4. The highest BCUT2D eigenvalue weighted by molar-refractivity contribution is 5.77. The molecule has 3 rings (SSSR count). The van der Waals surface area contributed by atoms with Gasteiger partial charge in [-0.15, -0.1) is 0 Å². The van der Waals surface area contributed by atoms with E-state index in [0.717, 1.165) is 0 Å². The molecule has 0 unspecified atom stereocenters. The number of fused-ring (bicyclic) bond motifs is 1. The lowest BCUT2D eigenvalue weighted by Crippen LogP contribution is -2.50. The van der Waals surface area contributed by atoms with Crippen LogP contribution in [-0.4, -0.2) is 38.4 Å². The van der Waals surface area contributed by atoms with Gasteiger partial charge >= 0.3 is 5.97 Å². The summed E-state index contributed by atoms with van der Waals surface area (Å²) in [6.07, 6.45) is 0.0774. The fourth-order valence-electron chi connectivity index (χ4n) is 3.65. The van der Waals surface area contributed by atoms with Gasteiger partial charge in [0.05, 0.1) is 23.0 Å². The van der Waals surface area contributed by atoms with Gasteiger partial charge in [0, 0.05) is 35.7 Å². The number of aromatic amines is 2. The molecule has 0 saturated carbocycles. The molecule has 1 aliphatic rings. The zero-order chi connectivity index (χ0) is 19.1. The molecule has 0 saturated heterocycles. The lowest BCUT2D eigenvalue weighted by molar-refractivity contribution is -0.384. The van der Waals surface area contributed by atoms with Crippen molar-refractivity contribution in [2.45, 2.75) is 31.8 Å². The van der Waals surface area contributed by atoms with Crippen molar-refractivity contribution < 1.29 is 19.6 Å².